The molecule has 2 aromatic heterocycles. The van der Waals surface area contributed by atoms with Gasteiger partial charge in [0.15, 0.2) is 5.58 Å². The monoisotopic (exact) mass is 351 g/mol. The Morgan fingerprint density at radius 2 is 1.77 bits per heavy atom. The highest BCUT2D eigenvalue weighted by molar-refractivity contribution is 6.04. The maximum Gasteiger partial charge on any atom is 0.257 e. The Labute approximate surface area is 146 Å². The minimum absolute atomic E-state index is 0.120. The van der Waals surface area contributed by atoms with Crippen LogP contribution in [0.1, 0.15) is 10.4 Å². The predicted octanol–water partition coefficient (Wildman–Crippen LogP) is 4.42. The molecule has 0 unspecified atom stereocenters. The van der Waals surface area contributed by atoms with Crippen LogP contribution < -0.4 is 5.32 Å². The summed E-state index contributed by atoms with van der Waals surface area (Å²) < 4.78 is 31.9. The molecule has 1 amide bonds. The molecule has 0 aliphatic rings. The quantitative estimate of drug-likeness (QED) is 0.593. The zero-order chi connectivity index (χ0) is 18.1. The molecule has 0 radical (unpaired) electrons. The van der Waals surface area contributed by atoms with Crippen LogP contribution in [-0.2, 0) is 0 Å². The predicted molar refractivity (Wildman–Crippen MR) is 91.6 cm³/mol. The first-order chi connectivity index (χ1) is 12.6. The van der Waals surface area contributed by atoms with Crippen molar-refractivity contribution in [2.24, 2.45) is 0 Å². The second-order valence-corrected chi connectivity index (χ2v) is 5.55. The molecule has 0 aliphatic heterocycles. The fraction of sp³-hybridized carbons (Fsp3) is 0. The normalized spacial score (nSPS) is 10.8. The van der Waals surface area contributed by atoms with Crippen LogP contribution in [0.2, 0.25) is 0 Å². The van der Waals surface area contributed by atoms with Crippen molar-refractivity contribution in [3.05, 3.63) is 78.1 Å². The van der Waals surface area contributed by atoms with Crippen LogP contribution in [0, 0.1) is 11.6 Å². The number of carbonyl (C=O) groups is 1. The molecule has 0 bridgehead atoms. The number of amides is 1. The molecule has 5 nitrogen and oxygen atoms in total. The third-order valence-electron chi connectivity index (χ3n) is 3.71. The first-order valence-corrected chi connectivity index (χ1v) is 7.67. The fourth-order valence-electron chi connectivity index (χ4n) is 2.46. The SMILES string of the molecule is O=C(Nc1ccc(-c2nc3ccc(F)cc3o2)cc1)c1cncc(F)c1. The van der Waals surface area contributed by atoms with Crippen LogP contribution in [0.25, 0.3) is 22.6 Å². The van der Waals surface area contributed by atoms with Crippen molar-refractivity contribution in [3.63, 3.8) is 0 Å². The molecule has 0 saturated carbocycles. The van der Waals surface area contributed by atoms with Crippen molar-refractivity contribution in [1.82, 2.24) is 9.97 Å². The Hall–Kier alpha value is -3.61. The second-order valence-electron chi connectivity index (χ2n) is 5.55. The number of pyridine rings is 1. The number of carbonyl (C=O) groups excluding carboxylic acids is 1. The number of nitrogens with one attached hydrogen (secondary N) is 1. The van der Waals surface area contributed by atoms with Crippen LogP contribution in [0.4, 0.5) is 14.5 Å². The smallest absolute Gasteiger partial charge is 0.257 e. The summed E-state index contributed by atoms with van der Waals surface area (Å²) in [6.07, 6.45) is 2.31. The first-order valence-electron chi connectivity index (χ1n) is 7.67. The molecule has 128 valence electrons. The van der Waals surface area contributed by atoms with Crippen LogP contribution >= 0.6 is 0 Å². The number of halogens is 2. The second kappa shape index (κ2) is 6.36. The zero-order valence-electron chi connectivity index (χ0n) is 13.2. The number of hydrogen-bond acceptors (Lipinski definition) is 4. The molecular formula is C19H11F2N3O2. The van der Waals surface area contributed by atoms with Gasteiger partial charge in [-0.15, -0.1) is 0 Å². The largest absolute Gasteiger partial charge is 0.436 e. The summed E-state index contributed by atoms with van der Waals surface area (Å²) in [4.78, 5) is 20.0. The summed E-state index contributed by atoms with van der Waals surface area (Å²) in [5.74, 6) is -1.11. The number of oxazole rings is 1. The van der Waals surface area contributed by atoms with Gasteiger partial charge in [0, 0.05) is 23.5 Å². The summed E-state index contributed by atoms with van der Waals surface area (Å²) in [5, 5.41) is 2.65. The number of hydrogen-bond donors (Lipinski definition) is 1. The van der Waals surface area contributed by atoms with E-state index in [9.17, 15) is 13.6 Å². The van der Waals surface area contributed by atoms with E-state index < -0.39 is 17.5 Å². The molecule has 2 heterocycles. The zero-order valence-corrected chi connectivity index (χ0v) is 13.2. The number of benzene rings is 2. The van der Waals surface area contributed by atoms with E-state index in [1.54, 1.807) is 30.3 Å². The van der Waals surface area contributed by atoms with Crippen LogP contribution in [0.15, 0.2) is 65.3 Å². The molecule has 0 atom stereocenters. The highest BCUT2D eigenvalue weighted by Crippen LogP contribution is 2.26. The van der Waals surface area contributed by atoms with E-state index in [-0.39, 0.29) is 5.56 Å². The maximum absolute atomic E-state index is 13.2. The van der Waals surface area contributed by atoms with Gasteiger partial charge in [0.05, 0.1) is 11.8 Å². The van der Waals surface area contributed by atoms with Crippen LogP contribution in [-0.4, -0.2) is 15.9 Å². The van der Waals surface area contributed by atoms with Crippen molar-refractivity contribution < 1.29 is 18.0 Å². The standard InChI is InChI=1S/C19H11F2N3O2/c20-13-3-6-16-17(8-13)26-19(24-16)11-1-4-15(5-2-11)23-18(25)12-7-14(21)10-22-9-12/h1-10H,(H,23,25). The van der Waals surface area contributed by atoms with Gasteiger partial charge in [0.2, 0.25) is 5.89 Å². The number of fused-ring (bicyclic) bond motifs is 1. The molecule has 26 heavy (non-hydrogen) atoms. The van der Waals surface area contributed by atoms with E-state index in [1.165, 1.54) is 18.3 Å². The van der Waals surface area contributed by atoms with Gasteiger partial charge in [-0.2, -0.15) is 0 Å². The lowest BCUT2D eigenvalue weighted by molar-refractivity contribution is 0.102. The average Bonchev–Trinajstić information content (AvgIpc) is 3.05. The van der Waals surface area contributed by atoms with Gasteiger partial charge >= 0.3 is 0 Å². The fourth-order valence-corrected chi connectivity index (χ4v) is 2.46. The Bertz CT molecular complexity index is 1110. The molecular weight excluding hydrogens is 340 g/mol. The minimum atomic E-state index is -0.583. The molecule has 0 aliphatic carbocycles. The van der Waals surface area contributed by atoms with Gasteiger partial charge in [-0.25, -0.2) is 13.8 Å². The van der Waals surface area contributed by atoms with E-state index in [2.05, 4.69) is 15.3 Å². The number of rotatable bonds is 3. The molecule has 4 aromatic rings. The van der Waals surface area contributed by atoms with Gasteiger partial charge in [-0.3, -0.25) is 9.78 Å². The molecule has 0 fully saturated rings. The Morgan fingerprint density at radius 3 is 2.54 bits per heavy atom. The summed E-state index contributed by atoms with van der Waals surface area (Å²) in [6.45, 7) is 0. The Morgan fingerprint density at radius 1 is 0.962 bits per heavy atom. The highest BCUT2D eigenvalue weighted by Gasteiger charge is 2.11. The van der Waals surface area contributed by atoms with Gasteiger partial charge in [-0.1, -0.05) is 0 Å². The summed E-state index contributed by atoms with van der Waals surface area (Å²) in [5.41, 5.74) is 2.22. The third-order valence-corrected chi connectivity index (χ3v) is 3.71. The van der Waals surface area contributed by atoms with Gasteiger partial charge in [-0.05, 0) is 42.5 Å². The summed E-state index contributed by atoms with van der Waals surface area (Å²) >= 11 is 0. The van der Waals surface area contributed by atoms with Gasteiger partial charge in [0.1, 0.15) is 17.2 Å². The average molecular weight is 351 g/mol. The van der Waals surface area contributed by atoms with Gasteiger partial charge in [0.25, 0.3) is 5.91 Å². The Balaban J connectivity index is 1.55. The molecule has 1 N–H and O–H groups in total. The molecule has 2 aromatic carbocycles. The lowest BCUT2D eigenvalue weighted by atomic mass is 10.2. The molecule has 7 heteroatoms. The minimum Gasteiger partial charge on any atom is -0.436 e. The maximum atomic E-state index is 13.2. The topological polar surface area (TPSA) is 68.0 Å². The number of aromatic nitrogens is 2. The number of nitrogens with zero attached hydrogens (tertiary/aromatic N) is 2. The highest BCUT2D eigenvalue weighted by atomic mass is 19.1. The van der Waals surface area contributed by atoms with E-state index >= 15 is 0 Å². The van der Waals surface area contributed by atoms with E-state index in [0.717, 1.165) is 12.3 Å². The molecule has 4 rings (SSSR count). The van der Waals surface area contributed by atoms with Crippen LogP contribution in [0.3, 0.4) is 0 Å². The lowest BCUT2D eigenvalue weighted by Crippen LogP contribution is -2.12. The van der Waals surface area contributed by atoms with Crippen molar-refractivity contribution >= 4 is 22.7 Å². The van der Waals surface area contributed by atoms with Crippen molar-refractivity contribution in [3.8, 4) is 11.5 Å². The van der Waals surface area contributed by atoms with Crippen molar-refractivity contribution in [2.45, 2.75) is 0 Å². The molecule has 0 saturated heterocycles. The lowest BCUT2D eigenvalue weighted by Gasteiger charge is -2.05. The first kappa shape index (κ1) is 15.9. The van der Waals surface area contributed by atoms with Crippen LogP contribution in [0.5, 0.6) is 0 Å². The van der Waals surface area contributed by atoms with Gasteiger partial charge < -0.3 is 9.73 Å². The van der Waals surface area contributed by atoms with Crippen molar-refractivity contribution in [1.29, 1.82) is 0 Å². The third kappa shape index (κ3) is 3.14. The van der Waals surface area contributed by atoms with Crippen molar-refractivity contribution in [2.75, 3.05) is 5.32 Å². The van der Waals surface area contributed by atoms with E-state index in [4.69, 9.17) is 4.42 Å². The number of anilines is 1. The Kier molecular flexibility index (Phi) is 3.89. The van der Waals surface area contributed by atoms with E-state index in [1.807, 2.05) is 0 Å². The summed E-state index contributed by atoms with van der Waals surface area (Å²) in [6, 6.07) is 12.0. The summed E-state index contributed by atoms with van der Waals surface area (Å²) in [7, 11) is 0. The van der Waals surface area contributed by atoms with E-state index in [0.29, 0.717) is 28.2 Å². The molecule has 0 spiro atoms.